The first-order chi connectivity index (χ1) is 9.92. The molecule has 0 saturated heterocycles. The van der Waals surface area contributed by atoms with Gasteiger partial charge in [-0.1, -0.05) is 13.8 Å². The highest BCUT2D eigenvalue weighted by molar-refractivity contribution is 14.0. The summed E-state index contributed by atoms with van der Waals surface area (Å²) in [6.07, 6.45) is 1.10. The number of benzene rings is 1. The normalized spacial score (nSPS) is 13.0. The maximum atomic E-state index is 5.94. The molecule has 0 saturated carbocycles. The fraction of sp³-hybridized carbons (Fsp3) is 0.562. The Balaban J connectivity index is 0.00000441. The zero-order valence-corrected chi connectivity index (χ0v) is 16.5. The molecule has 0 aliphatic rings. The van der Waals surface area contributed by atoms with E-state index < -0.39 is 0 Å². The predicted molar refractivity (Wildman–Crippen MR) is 105 cm³/mol. The van der Waals surface area contributed by atoms with E-state index in [1.165, 1.54) is 0 Å². The van der Waals surface area contributed by atoms with Gasteiger partial charge in [-0.3, -0.25) is 4.99 Å². The van der Waals surface area contributed by atoms with Gasteiger partial charge >= 0.3 is 0 Å². The molecule has 0 amide bonds. The number of guanidine groups is 1. The van der Waals surface area contributed by atoms with Gasteiger partial charge in [-0.15, -0.1) is 24.0 Å². The van der Waals surface area contributed by atoms with Gasteiger partial charge in [0.05, 0.1) is 13.7 Å². The minimum atomic E-state index is 0. The van der Waals surface area contributed by atoms with E-state index >= 15 is 0 Å². The maximum absolute atomic E-state index is 5.94. The van der Waals surface area contributed by atoms with E-state index in [-0.39, 0.29) is 24.0 Å². The molecule has 0 fully saturated rings. The van der Waals surface area contributed by atoms with E-state index in [1.54, 1.807) is 7.11 Å². The van der Waals surface area contributed by atoms with Crippen molar-refractivity contribution in [1.82, 2.24) is 4.90 Å². The molecule has 0 bridgehead atoms. The molecule has 0 spiro atoms. The standard InChI is InChI=1S/C16H28N4O.HI/c1-12(2)10-14(20(3)4)11-18-16(17)19-13-6-8-15(21-5)9-7-13;/h6-9,12,14H,10-11H2,1-5H3,(H3,17,18,19);1H. The van der Waals surface area contributed by atoms with Crippen LogP contribution in [0.25, 0.3) is 0 Å². The number of hydrogen-bond donors (Lipinski definition) is 2. The molecule has 0 heterocycles. The van der Waals surface area contributed by atoms with Crippen molar-refractivity contribution in [3.8, 4) is 5.75 Å². The highest BCUT2D eigenvalue weighted by atomic mass is 127. The number of rotatable bonds is 7. The molecule has 22 heavy (non-hydrogen) atoms. The van der Waals surface area contributed by atoms with Crippen LogP contribution < -0.4 is 15.8 Å². The number of nitrogens with one attached hydrogen (secondary N) is 1. The van der Waals surface area contributed by atoms with E-state index in [4.69, 9.17) is 10.5 Å². The lowest BCUT2D eigenvalue weighted by Crippen LogP contribution is -2.34. The molecule has 1 rings (SSSR count). The monoisotopic (exact) mass is 420 g/mol. The Bertz CT molecular complexity index is 446. The van der Waals surface area contributed by atoms with Gasteiger partial charge in [0.2, 0.25) is 0 Å². The van der Waals surface area contributed by atoms with Gasteiger partial charge in [0.1, 0.15) is 5.75 Å². The highest BCUT2D eigenvalue weighted by Gasteiger charge is 2.12. The summed E-state index contributed by atoms with van der Waals surface area (Å²) in [5.74, 6) is 1.90. The number of hydrogen-bond acceptors (Lipinski definition) is 3. The number of anilines is 1. The molecule has 6 heteroatoms. The van der Waals surface area contributed by atoms with Gasteiger partial charge in [0.15, 0.2) is 5.96 Å². The molecule has 0 aliphatic heterocycles. The Morgan fingerprint density at radius 1 is 1.27 bits per heavy atom. The summed E-state index contributed by atoms with van der Waals surface area (Å²) in [4.78, 5) is 6.65. The Kier molecular flexibility index (Phi) is 10.2. The Hall–Kier alpha value is -1.02. The third kappa shape index (κ3) is 7.84. The van der Waals surface area contributed by atoms with Crippen LogP contribution in [0.3, 0.4) is 0 Å². The molecule has 0 radical (unpaired) electrons. The van der Waals surface area contributed by atoms with E-state index in [2.05, 4.69) is 43.2 Å². The SMILES string of the molecule is COc1ccc(NC(N)=NCC(CC(C)C)N(C)C)cc1.I. The van der Waals surface area contributed by atoms with Gasteiger partial charge in [0, 0.05) is 11.7 Å². The number of nitrogens with two attached hydrogens (primary N) is 1. The van der Waals surface area contributed by atoms with Crippen LogP contribution >= 0.6 is 24.0 Å². The maximum Gasteiger partial charge on any atom is 0.193 e. The second kappa shape index (κ2) is 10.7. The summed E-state index contributed by atoms with van der Waals surface area (Å²) in [5.41, 5.74) is 6.85. The number of methoxy groups -OCH3 is 1. The average Bonchev–Trinajstić information content (AvgIpc) is 2.43. The van der Waals surface area contributed by atoms with Crippen molar-refractivity contribution >= 4 is 35.6 Å². The lowest BCUT2D eigenvalue weighted by atomic mass is 10.0. The van der Waals surface area contributed by atoms with Crippen molar-refractivity contribution in [2.75, 3.05) is 33.1 Å². The van der Waals surface area contributed by atoms with Gasteiger partial charge in [-0.2, -0.15) is 0 Å². The molecule has 5 nitrogen and oxygen atoms in total. The first-order valence-corrected chi connectivity index (χ1v) is 7.29. The second-order valence-electron chi connectivity index (χ2n) is 5.83. The highest BCUT2D eigenvalue weighted by Crippen LogP contribution is 2.14. The number of likely N-dealkylation sites (N-methyl/N-ethyl adjacent to an activating group) is 1. The van der Waals surface area contributed by atoms with Crippen molar-refractivity contribution in [1.29, 1.82) is 0 Å². The van der Waals surface area contributed by atoms with Gasteiger partial charge in [-0.05, 0) is 50.7 Å². The number of ether oxygens (including phenoxy) is 1. The molecule has 126 valence electrons. The first-order valence-electron chi connectivity index (χ1n) is 7.29. The summed E-state index contributed by atoms with van der Waals surface area (Å²) in [6.45, 7) is 5.14. The summed E-state index contributed by atoms with van der Waals surface area (Å²) in [5, 5.41) is 3.09. The zero-order chi connectivity index (χ0) is 15.8. The molecular formula is C16H29IN4O. The molecule has 3 N–H and O–H groups in total. The van der Waals surface area contributed by atoms with Crippen LogP contribution in [0.5, 0.6) is 5.75 Å². The van der Waals surface area contributed by atoms with Gasteiger partial charge in [-0.25, -0.2) is 0 Å². The quantitative estimate of drug-likeness (QED) is 0.405. The lowest BCUT2D eigenvalue weighted by molar-refractivity contribution is 0.261. The topological polar surface area (TPSA) is 62.9 Å². The van der Waals surface area contributed by atoms with Gasteiger partial charge < -0.3 is 20.7 Å². The van der Waals surface area contributed by atoms with E-state index in [0.29, 0.717) is 24.5 Å². The Morgan fingerprint density at radius 2 is 1.86 bits per heavy atom. The average molecular weight is 420 g/mol. The molecule has 1 aromatic rings. The van der Waals surface area contributed by atoms with Crippen molar-refractivity contribution in [2.45, 2.75) is 26.3 Å². The first kappa shape index (κ1) is 21.0. The third-order valence-corrected chi connectivity index (χ3v) is 3.31. The molecule has 1 aromatic carbocycles. The molecule has 1 unspecified atom stereocenters. The third-order valence-electron chi connectivity index (χ3n) is 3.31. The minimum Gasteiger partial charge on any atom is -0.497 e. The van der Waals surface area contributed by atoms with Crippen LogP contribution in [0.15, 0.2) is 29.3 Å². The lowest BCUT2D eigenvalue weighted by Gasteiger charge is -2.24. The molecule has 0 aliphatic carbocycles. The summed E-state index contributed by atoms with van der Waals surface area (Å²) in [6, 6.07) is 8.01. The smallest absolute Gasteiger partial charge is 0.193 e. The van der Waals surface area contributed by atoms with Crippen LogP contribution in [-0.4, -0.2) is 44.7 Å². The van der Waals surface area contributed by atoms with E-state index in [9.17, 15) is 0 Å². The Labute approximate surface area is 151 Å². The second-order valence-corrected chi connectivity index (χ2v) is 5.83. The van der Waals surface area contributed by atoms with Crippen LogP contribution in [0.4, 0.5) is 5.69 Å². The fourth-order valence-electron chi connectivity index (χ4n) is 2.06. The van der Waals surface area contributed by atoms with E-state index in [1.807, 2.05) is 24.3 Å². The fourth-order valence-corrected chi connectivity index (χ4v) is 2.06. The number of nitrogens with zero attached hydrogens (tertiary/aromatic N) is 2. The molecular weight excluding hydrogens is 391 g/mol. The van der Waals surface area contributed by atoms with Crippen LogP contribution in [0.1, 0.15) is 20.3 Å². The number of halogens is 1. The predicted octanol–water partition coefficient (Wildman–Crippen LogP) is 3.02. The van der Waals surface area contributed by atoms with Crippen LogP contribution in [-0.2, 0) is 0 Å². The Morgan fingerprint density at radius 3 is 2.32 bits per heavy atom. The van der Waals surface area contributed by atoms with Crippen molar-refractivity contribution in [2.24, 2.45) is 16.6 Å². The van der Waals surface area contributed by atoms with E-state index in [0.717, 1.165) is 17.9 Å². The molecule has 1 atom stereocenters. The zero-order valence-electron chi connectivity index (χ0n) is 14.2. The van der Waals surface area contributed by atoms with Crippen molar-refractivity contribution in [3.05, 3.63) is 24.3 Å². The van der Waals surface area contributed by atoms with Crippen LogP contribution in [0.2, 0.25) is 0 Å². The summed E-state index contributed by atoms with van der Waals surface area (Å²) >= 11 is 0. The van der Waals surface area contributed by atoms with Crippen molar-refractivity contribution < 1.29 is 4.74 Å². The van der Waals surface area contributed by atoms with Gasteiger partial charge in [0.25, 0.3) is 0 Å². The minimum absolute atomic E-state index is 0. The summed E-state index contributed by atoms with van der Waals surface area (Å²) < 4.78 is 5.12. The summed E-state index contributed by atoms with van der Waals surface area (Å²) in [7, 11) is 5.81. The molecule has 0 aromatic heterocycles. The van der Waals surface area contributed by atoms with Crippen molar-refractivity contribution in [3.63, 3.8) is 0 Å². The van der Waals surface area contributed by atoms with Crippen LogP contribution in [0, 0.1) is 5.92 Å². The largest absolute Gasteiger partial charge is 0.497 e. The number of aliphatic imine (C=N–C) groups is 1.